The first kappa shape index (κ1) is 18.7. The minimum Gasteiger partial charge on any atom is -0.496 e. The van der Waals surface area contributed by atoms with Gasteiger partial charge in [0.05, 0.1) is 18.5 Å². The van der Waals surface area contributed by atoms with E-state index in [1.54, 1.807) is 31.4 Å². The summed E-state index contributed by atoms with van der Waals surface area (Å²) in [6, 6.07) is 15.7. The molecule has 3 aromatic rings. The lowest BCUT2D eigenvalue weighted by molar-refractivity contribution is 0.0914. The topological polar surface area (TPSA) is 71.8 Å². The van der Waals surface area contributed by atoms with Crippen LogP contribution in [-0.4, -0.2) is 38.6 Å². The lowest BCUT2D eigenvalue weighted by Crippen LogP contribution is -2.35. The van der Waals surface area contributed by atoms with Crippen molar-refractivity contribution in [3.8, 4) is 5.75 Å². The molecule has 3 rings (SSSR count). The molecule has 1 N–H and O–H groups in total. The van der Waals surface area contributed by atoms with Gasteiger partial charge in [0.15, 0.2) is 11.2 Å². The number of fused-ring (bicyclic) bond motifs is 1. The predicted molar refractivity (Wildman–Crippen MR) is 104 cm³/mol. The van der Waals surface area contributed by atoms with Crippen LogP contribution in [0.25, 0.3) is 11.0 Å². The maximum absolute atomic E-state index is 12.6. The monoisotopic (exact) mass is 366 g/mol. The molecule has 0 fully saturated rings. The molecular weight excluding hydrogens is 344 g/mol. The number of para-hydroxylation sites is 2. The molecule has 0 aliphatic heterocycles. The minimum atomic E-state index is -0.431. The molecule has 0 saturated carbocycles. The normalized spacial score (nSPS) is 12.1. The van der Waals surface area contributed by atoms with Crippen molar-refractivity contribution in [1.82, 2.24) is 10.2 Å². The quantitative estimate of drug-likeness (QED) is 0.726. The van der Waals surface area contributed by atoms with Crippen molar-refractivity contribution in [2.45, 2.75) is 6.04 Å². The molecular formula is C21H22N2O4. The summed E-state index contributed by atoms with van der Waals surface area (Å²) in [5.41, 5.74) is 1.12. The Balaban J connectivity index is 1.82. The number of likely N-dealkylation sites (N-methyl/N-ethyl adjacent to an activating group) is 1. The summed E-state index contributed by atoms with van der Waals surface area (Å²) in [5, 5.41) is 3.31. The number of ether oxygens (including phenoxy) is 1. The van der Waals surface area contributed by atoms with Gasteiger partial charge in [-0.05, 0) is 32.3 Å². The average molecular weight is 366 g/mol. The average Bonchev–Trinajstić information content (AvgIpc) is 2.68. The molecule has 1 heterocycles. The SMILES string of the molecule is COc1ccccc1[C@H](CNC(=O)c1cc(=O)c2ccccc2o1)N(C)C. The summed E-state index contributed by atoms with van der Waals surface area (Å²) < 4.78 is 11.0. The number of rotatable bonds is 6. The summed E-state index contributed by atoms with van der Waals surface area (Å²) in [6.07, 6.45) is 0. The van der Waals surface area contributed by atoms with E-state index in [9.17, 15) is 9.59 Å². The third-order valence-corrected chi connectivity index (χ3v) is 4.44. The van der Waals surface area contributed by atoms with Crippen molar-refractivity contribution in [3.63, 3.8) is 0 Å². The molecule has 1 atom stereocenters. The van der Waals surface area contributed by atoms with Crippen molar-refractivity contribution in [2.75, 3.05) is 27.7 Å². The van der Waals surface area contributed by atoms with Crippen molar-refractivity contribution in [2.24, 2.45) is 0 Å². The maximum atomic E-state index is 12.6. The Kier molecular flexibility index (Phi) is 5.57. The fraction of sp³-hybridized carbons (Fsp3) is 0.238. The summed E-state index contributed by atoms with van der Waals surface area (Å²) in [4.78, 5) is 26.7. The second-order valence-electron chi connectivity index (χ2n) is 6.40. The van der Waals surface area contributed by atoms with E-state index in [1.807, 2.05) is 43.3 Å². The lowest BCUT2D eigenvalue weighted by Gasteiger charge is -2.26. The zero-order chi connectivity index (χ0) is 19.4. The second kappa shape index (κ2) is 8.05. The van der Waals surface area contributed by atoms with Crippen molar-refractivity contribution in [3.05, 3.63) is 76.1 Å². The first-order valence-corrected chi connectivity index (χ1v) is 8.61. The van der Waals surface area contributed by atoms with Crippen LogP contribution < -0.4 is 15.5 Å². The number of methoxy groups -OCH3 is 1. The number of carbonyl (C=O) groups is 1. The van der Waals surface area contributed by atoms with E-state index in [-0.39, 0.29) is 17.2 Å². The molecule has 2 aromatic carbocycles. The molecule has 0 aliphatic rings. The number of benzene rings is 2. The van der Waals surface area contributed by atoms with E-state index in [4.69, 9.17) is 9.15 Å². The smallest absolute Gasteiger partial charge is 0.287 e. The van der Waals surface area contributed by atoms with E-state index in [1.165, 1.54) is 6.07 Å². The van der Waals surface area contributed by atoms with Gasteiger partial charge in [-0.15, -0.1) is 0 Å². The maximum Gasteiger partial charge on any atom is 0.287 e. The number of carbonyl (C=O) groups excluding carboxylic acids is 1. The van der Waals surface area contributed by atoms with Crippen LogP contribution in [0.4, 0.5) is 0 Å². The molecule has 0 aliphatic carbocycles. The summed E-state index contributed by atoms with van der Waals surface area (Å²) >= 11 is 0. The molecule has 0 bridgehead atoms. The first-order valence-electron chi connectivity index (χ1n) is 8.61. The van der Waals surface area contributed by atoms with Crippen LogP contribution in [0.1, 0.15) is 22.2 Å². The molecule has 140 valence electrons. The van der Waals surface area contributed by atoms with Crippen LogP contribution in [-0.2, 0) is 0 Å². The number of nitrogens with one attached hydrogen (secondary N) is 1. The highest BCUT2D eigenvalue weighted by atomic mass is 16.5. The number of amides is 1. The van der Waals surface area contributed by atoms with Gasteiger partial charge in [-0.3, -0.25) is 9.59 Å². The van der Waals surface area contributed by atoms with Crippen LogP contribution >= 0.6 is 0 Å². The van der Waals surface area contributed by atoms with E-state index in [0.29, 0.717) is 17.5 Å². The van der Waals surface area contributed by atoms with E-state index in [2.05, 4.69) is 5.32 Å². The van der Waals surface area contributed by atoms with Crippen molar-refractivity contribution < 1.29 is 13.9 Å². The molecule has 1 amide bonds. The molecule has 1 aromatic heterocycles. The van der Waals surface area contributed by atoms with Crippen LogP contribution in [0.2, 0.25) is 0 Å². The summed E-state index contributed by atoms with van der Waals surface area (Å²) in [7, 11) is 5.48. The fourth-order valence-electron chi connectivity index (χ4n) is 3.00. The summed E-state index contributed by atoms with van der Waals surface area (Å²) in [5.74, 6) is 0.318. The predicted octanol–water partition coefficient (Wildman–Crippen LogP) is 2.83. The van der Waals surface area contributed by atoms with Crippen molar-refractivity contribution in [1.29, 1.82) is 0 Å². The van der Waals surface area contributed by atoms with Gasteiger partial charge in [-0.25, -0.2) is 0 Å². The van der Waals surface area contributed by atoms with Crippen LogP contribution in [0.5, 0.6) is 5.75 Å². The van der Waals surface area contributed by atoms with Gasteiger partial charge in [0.25, 0.3) is 5.91 Å². The highest BCUT2D eigenvalue weighted by Gasteiger charge is 2.20. The second-order valence-corrected chi connectivity index (χ2v) is 6.40. The Morgan fingerprint density at radius 1 is 1.15 bits per heavy atom. The number of hydrogen-bond acceptors (Lipinski definition) is 5. The minimum absolute atomic E-state index is 0.00349. The zero-order valence-electron chi connectivity index (χ0n) is 15.6. The van der Waals surface area contributed by atoms with E-state index >= 15 is 0 Å². The Hall–Kier alpha value is -3.12. The molecule has 6 heteroatoms. The number of hydrogen-bond donors (Lipinski definition) is 1. The first-order chi connectivity index (χ1) is 13.0. The standard InChI is InChI=1S/C21H22N2O4/c1-23(2)16(14-8-4-6-10-18(14)26-3)13-22-21(25)20-12-17(24)15-9-5-7-11-19(15)27-20/h4-12,16H,13H2,1-3H3,(H,22,25)/t16-/m0/s1. The van der Waals surface area contributed by atoms with Gasteiger partial charge in [-0.1, -0.05) is 30.3 Å². The van der Waals surface area contributed by atoms with Gasteiger partial charge in [0.2, 0.25) is 0 Å². The third kappa shape index (κ3) is 4.01. The lowest BCUT2D eigenvalue weighted by atomic mass is 10.0. The molecule has 27 heavy (non-hydrogen) atoms. The van der Waals surface area contributed by atoms with Gasteiger partial charge in [-0.2, -0.15) is 0 Å². The Morgan fingerprint density at radius 2 is 1.85 bits per heavy atom. The molecule has 0 saturated heterocycles. The Labute approximate surface area is 157 Å². The molecule has 0 radical (unpaired) electrons. The van der Waals surface area contributed by atoms with Crippen LogP contribution in [0.15, 0.2) is 63.8 Å². The fourth-order valence-corrected chi connectivity index (χ4v) is 3.00. The summed E-state index contributed by atoms with van der Waals surface area (Å²) in [6.45, 7) is 0.336. The van der Waals surface area contributed by atoms with Gasteiger partial charge >= 0.3 is 0 Å². The molecule has 0 spiro atoms. The Morgan fingerprint density at radius 3 is 2.59 bits per heavy atom. The van der Waals surface area contributed by atoms with Crippen molar-refractivity contribution >= 4 is 16.9 Å². The zero-order valence-corrected chi connectivity index (χ0v) is 15.6. The Bertz CT molecular complexity index is 1010. The number of nitrogens with zero attached hydrogens (tertiary/aromatic N) is 1. The van der Waals surface area contributed by atoms with Gasteiger partial charge < -0.3 is 19.4 Å². The highest BCUT2D eigenvalue weighted by Crippen LogP contribution is 2.27. The molecule has 0 unspecified atom stereocenters. The molecule has 6 nitrogen and oxygen atoms in total. The highest BCUT2D eigenvalue weighted by molar-refractivity contribution is 5.93. The van der Waals surface area contributed by atoms with Gasteiger partial charge in [0.1, 0.15) is 11.3 Å². The largest absolute Gasteiger partial charge is 0.496 e. The van der Waals surface area contributed by atoms with Gasteiger partial charge in [0, 0.05) is 18.2 Å². The van der Waals surface area contributed by atoms with E-state index in [0.717, 1.165) is 11.3 Å². The van der Waals surface area contributed by atoms with Crippen LogP contribution in [0.3, 0.4) is 0 Å². The van der Waals surface area contributed by atoms with Crippen LogP contribution in [0, 0.1) is 0 Å². The third-order valence-electron chi connectivity index (χ3n) is 4.44. The van der Waals surface area contributed by atoms with E-state index < -0.39 is 5.91 Å².